The van der Waals surface area contributed by atoms with E-state index >= 15 is 0 Å². The number of fused-ring (bicyclic) bond motifs is 5. The Hall–Kier alpha value is -2.68. The van der Waals surface area contributed by atoms with Gasteiger partial charge >= 0.3 is 0 Å². The van der Waals surface area contributed by atoms with Crippen molar-refractivity contribution < 1.29 is 9.59 Å². The molecule has 0 atom stereocenters. The lowest BCUT2D eigenvalue weighted by Crippen LogP contribution is -2.13. The molecule has 102 valence electrons. The number of allylic oxidation sites excluding steroid dienone is 2. The first-order valence-electron chi connectivity index (χ1n) is 6.87. The zero-order valence-corrected chi connectivity index (χ0v) is 11.8. The molecule has 0 N–H and O–H groups in total. The van der Waals surface area contributed by atoms with Gasteiger partial charge in [-0.1, -0.05) is 24.3 Å². The van der Waals surface area contributed by atoms with Gasteiger partial charge in [0.25, 0.3) is 0 Å². The molecule has 3 aromatic rings. The second-order valence-electron chi connectivity index (χ2n) is 5.48. The molecule has 3 heteroatoms. The van der Waals surface area contributed by atoms with E-state index in [0.717, 1.165) is 27.4 Å². The number of aromatic nitrogens is 1. The number of carbonyl (C=O) groups excluding carboxylic acids is 2. The van der Waals surface area contributed by atoms with Crippen molar-refractivity contribution in [2.75, 3.05) is 0 Å². The topological polar surface area (TPSA) is 39.1 Å². The summed E-state index contributed by atoms with van der Waals surface area (Å²) in [6.07, 6.45) is 2.72. The van der Waals surface area contributed by atoms with Crippen LogP contribution in [-0.4, -0.2) is 16.1 Å². The van der Waals surface area contributed by atoms with Crippen LogP contribution in [0.4, 0.5) is 0 Å². The lowest BCUT2D eigenvalue weighted by molar-refractivity contribution is 0.0995. The van der Waals surface area contributed by atoms with Crippen LogP contribution in [0.15, 0.2) is 42.5 Å². The number of benzene rings is 2. The molecule has 1 aliphatic rings. The molecule has 1 aromatic heterocycles. The fraction of sp³-hybridized carbons (Fsp3) is 0.111. The van der Waals surface area contributed by atoms with Gasteiger partial charge in [0.1, 0.15) is 0 Å². The minimum absolute atomic E-state index is 0.0984. The van der Waals surface area contributed by atoms with Crippen LogP contribution in [0.5, 0.6) is 0 Å². The molecule has 0 bridgehead atoms. The van der Waals surface area contributed by atoms with Crippen LogP contribution in [0.1, 0.15) is 26.3 Å². The van der Waals surface area contributed by atoms with E-state index in [2.05, 4.69) is 19.1 Å². The Morgan fingerprint density at radius 3 is 2.38 bits per heavy atom. The van der Waals surface area contributed by atoms with Gasteiger partial charge in [-0.25, -0.2) is 0 Å². The first-order chi connectivity index (χ1) is 10.1. The highest BCUT2D eigenvalue weighted by atomic mass is 16.1. The summed E-state index contributed by atoms with van der Waals surface area (Å²) in [7, 11) is 1.95. The van der Waals surface area contributed by atoms with Crippen molar-refractivity contribution in [2.24, 2.45) is 7.05 Å². The molecule has 1 heterocycles. The highest BCUT2D eigenvalue weighted by Gasteiger charge is 2.24. The first kappa shape index (κ1) is 12.1. The van der Waals surface area contributed by atoms with Gasteiger partial charge in [0.2, 0.25) is 0 Å². The molecule has 2 aromatic carbocycles. The van der Waals surface area contributed by atoms with Gasteiger partial charge in [-0.2, -0.15) is 0 Å². The van der Waals surface area contributed by atoms with Crippen molar-refractivity contribution in [3.8, 4) is 0 Å². The third-order valence-corrected chi connectivity index (χ3v) is 4.27. The molecule has 0 saturated carbocycles. The molecular formula is C18H13NO2. The summed E-state index contributed by atoms with van der Waals surface area (Å²) >= 11 is 0. The number of nitrogens with zero attached hydrogens (tertiary/aromatic N) is 1. The molecule has 4 rings (SSSR count). The average molecular weight is 275 g/mol. The molecular weight excluding hydrogens is 262 g/mol. The number of para-hydroxylation sites is 1. The van der Waals surface area contributed by atoms with E-state index in [0.29, 0.717) is 11.1 Å². The number of rotatable bonds is 0. The van der Waals surface area contributed by atoms with Gasteiger partial charge in [-0.15, -0.1) is 0 Å². The van der Waals surface area contributed by atoms with E-state index in [1.54, 1.807) is 6.07 Å². The van der Waals surface area contributed by atoms with Crippen LogP contribution < -0.4 is 0 Å². The monoisotopic (exact) mass is 275 g/mol. The molecule has 0 radical (unpaired) electrons. The highest BCUT2D eigenvalue weighted by molar-refractivity contribution is 6.28. The summed E-state index contributed by atoms with van der Waals surface area (Å²) in [6.45, 7) is 2.06. The number of ketones is 2. The van der Waals surface area contributed by atoms with Crippen molar-refractivity contribution in [1.29, 1.82) is 0 Å². The third kappa shape index (κ3) is 1.43. The van der Waals surface area contributed by atoms with E-state index in [1.165, 1.54) is 12.2 Å². The van der Waals surface area contributed by atoms with Crippen molar-refractivity contribution >= 4 is 33.4 Å². The van der Waals surface area contributed by atoms with E-state index in [1.807, 2.05) is 23.7 Å². The quantitative estimate of drug-likeness (QED) is 0.629. The molecule has 3 nitrogen and oxygen atoms in total. The Kier molecular flexibility index (Phi) is 2.25. The van der Waals surface area contributed by atoms with Crippen LogP contribution in [0, 0.1) is 6.92 Å². The maximum atomic E-state index is 12.3. The van der Waals surface area contributed by atoms with E-state index in [4.69, 9.17) is 0 Å². The highest BCUT2D eigenvalue weighted by Crippen LogP contribution is 2.35. The summed E-state index contributed by atoms with van der Waals surface area (Å²) < 4.78 is 2.03. The SMILES string of the molecule is Cc1cccc2c3ccc4c(c3n(C)c12)C(=O)C=CC4=O. The second-order valence-corrected chi connectivity index (χ2v) is 5.48. The number of hydrogen-bond acceptors (Lipinski definition) is 2. The average Bonchev–Trinajstić information content (AvgIpc) is 2.77. The van der Waals surface area contributed by atoms with Crippen LogP contribution in [0.3, 0.4) is 0 Å². The number of hydrogen-bond donors (Lipinski definition) is 0. The van der Waals surface area contributed by atoms with E-state index < -0.39 is 0 Å². The molecule has 0 fully saturated rings. The predicted molar refractivity (Wildman–Crippen MR) is 83.0 cm³/mol. The van der Waals surface area contributed by atoms with Gasteiger partial charge in [0, 0.05) is 23.4 Å². The molecule has 0 amide bonds. The van der Waals surface area contributed by atoms with Crippen molar-refractivity contribution in [1.82, 2.24) is 4.57 Å². The van der Waals surface area contributed by atoms with E-state index in [9.17, 15) is 9.59 Å². The summed E-state index contributed by atoms with van der Waals surface area (Å²) in [5.41, 5.74) is 4.14. The van der Waals surface area contributed by atoms with Crippen LogP contribution in [-0.2, 0) is 7.05 Å². The largest absolute Gasteiger partial charge is 0.343 e. The molecule has 0 unspecified atom stereocenters. The number of aryl methyl sites for hydroxylation is 2. The van der Waals surface area contributed by atoms with Crippen LogP contribution in [0.25, 0.3) is 21.8 Å². The van der Waals surface area contributed by atoms with Gasteiger partial charge in [-0.3, -0.25) is 9.59 Å². The fourth-order valence-electron chi connectivity index (χ4n) is 3.37. The minimum Gasteiger partial charge on any atom is -0.343 e. The molecule has 1 aliphatic carbocycles. The summed E-state index contributed by atoms with van der Waals surface area (Å²) in [4.78, 5) is 24.3. The maximum Gasteiger partial charge on any atom is 0.188 e. The van der Waals surface area contributed by atoms with Gasteiger partial charge in [0.05, 0.1) is 16.6 Å². The zero-order valence-electron chi connectivity index (χ0n) is 11.8. The minimum atomic E-state index is -0.103. The van der Waals surface area contributed by atoms with Gasteiger partial charge in [0.15, 0.2) is 11.6 Å². The number of carbonyl (C=O) groups is 2. The Balaban J connectivity index is 2.30. The molecule has 0 saturated heterocycles. The van der Waals surface area contributed by atoms with E-state index in [-0.39, 0.29) is 11.6 Å². The van der Waals surface area contributed by atoms with Gasteiger partial charge in [-0.05, 0) is 30.7 Å². The lowest BCUT2D eigenvalue weighted by atomic mass is 9.92. The Morgan fingerprint density at radius 2 is 1.57 bits per heavy atom. The van der Waals surface area contributed by atoms with Crippen LogP contribution in [0.2, 0.25) is 0 Å². The van der Waals surface area contributed by atoms with Gasteiger partial charge < -0.3 is 4.57 Å². The Labute approximate surface area is 121 Å². The molecule has 21 heavy (non-hydrogen) atoms. The first-order valence-corrected chi connectivity index (χ1v) is 6.87. The zero-order chi connectivity index (χ0) is 14.7. The van der Waals surface area contributed by atoms with Crippen LogP contribution >= 0.6 is 0 Å². The fourth-order valence-corrected chi connectivity index (χ4v) is 3.37. The van der Waals surface area contributed by atoms with Crippen molar-refractivity contribution in [3.63, 3.8) is 0 Å². The normalized spacial score (nSPS) is 14.2. The third-order valence-electron chi connectivity index (χ3n) is 4.27. The standard InChI is InChI=1S/C18H13NO2/c1-10-4-3-5-11-12-6-7-13-14(20)8-9-15(21)16(13)18(12)19(2)17(10)11/h3-9H,1-2H3. The Morgan fingerprint density at radius 1 is 0.857 bits per heavy atom. The lowest BCUT2D eigenvalue weighted by Gasteiger charge is -2.11. The molecule has 0 aliphatic heterocycles. The predicted octanol–water partition coefficient (Wildman–Crippen LogP) is 3.58. The van der Waals surface area contributed by atoms with Crippen molar-refractivity contribution in [3.05, 3.63) is 59.2 Å². The molecule has 0 spiro atoms. The summed E-state index contributed by atoms with van der Waals surface area (Å²) in [5.74, 6) is -0.202. The maximum absolute atomic E-state index is 12.3. The second kappa shape index (κ2) is 3.92. The Bertz CT molecular complexity index is 990. The summed E-state index contributed by atoms with van der Waals surface area (Å²) in [6, 6.07) is 9.84. The smallest absolute Gasteiger partial charge is 0.188 e. The van der Waals surface area contributed by atoms with Crippen molar-refractivity contribution in [2.45, 2.75) is 6.92 Å². The summed E-state index contributed by atoms with van der Waals surface area (Å²) in [5, 5.41) is 2.14.